The Balaban J connectivity index is 1.61. The molecule has 2 unspecified atom stereocenters. The summed E-state index contributed by atoms with van der Waals surface area (Å²) in [5, 5.41) is 22.6. The van der Waals surface area contributed by atoms with E-state index in [9.17, 15) is 10.2 Å². The largest absolute Gasteiger partial charge is 0.504 e. The van der Waals surface area contributed by atoms with Gasteiger partial charge in [0.05, 0.1) is 6.10 Å². The van der Waals surface area contributed by atoms with Gasteiger partial charge in [-0.2, -0.15) is 0 Å². The highest BCUT2D eigenvalue weighted by atomic mass is 16.5. The Morgan fingerprint density at radius 2 is 2.06 bits per heavy atom. The second-order valence-electron chi connectivity index (χ2n) is 5.23. The van der Waals surface area contributed by atoms with Crippen LogP contribution in [0.5, 0.6) is 11.5 Å². The number of benzene rings is 1. The Morgan fingerprint density at radius 1 is 1.22 bits per heavy atom. The first-order chi connectivity index (χ1) is 8.75. The van der Waals surface area contributed by atoms with E-state index in [2.05, 4.69) is 5.32 Å². The van der Waals surface area contributed by atoms with Crippen molar-refractivity contribution in [2.24, 2.45) is 5.92 Å². The minimum atomic E-state index is -0.0595. The summed E-state index contributed by atoms with van der Waals surface area (Å²) in [7, 11) is 0. The molecule has 0 bridgehead atoms. The van der Waals surface area contributed by atoms with E-state index in [-0.39, 0.29) is 11.5 Å². The van der Waals surface area contributed by atoms with Gasteiger partial charge in [-0.3, -0.25) is 0 Å². The van der Waals surface area contributed by atoms with Crippen molar-refractivity contribution in [2.45, 2.75) is 38.0 Å². The van der Waals surface area contributed by atoms with Gasteiger partial charge in [0.2, 0.25) is 0 Å². The number of nitrogens with one attached hydrogen (secondary N) is 1. The van der Waals surface area contributed by atoms with E-state index < -0.39 is 0 Å². The number of phenolic OH excluding ortho intramolecular Hbond substituents is 2. The first-order valence-electron chi connectivity index (χ1n) is 6.60. The maximum atomic E-state index is 9.74. The second-order valence-corrected chi connectivity index (χ2v) is 5.23. The average Bonchev–Trinajstić information content (AvgIpc) is 3.11. The van der Waals surface area contributed by atoms with Crippen LogP contribution in [0.15, 0.2) is 18.2 Å². The van der Waals surface area contributed by atoms with E-state index in [1.807, 2.05) is 6.07 Å². The summed E-state index contributed by atoms with van der Waals surface area (Å²) < 4.78 is 5.76. The summed E-state index contributed by atoms with van der Waals surface area (Å²) in [5.74, 6) is 0.644. The van der Waals surface area contributed by atoms with Crippen molar-refractivity contribution in [1.29, 1.82) is 0 Å². The van der Waals surface area contributed by atoms with Crippen LogP contribution in [0.4, 0.5) is 0 Å². The smallest absolute Gasteiger partial charge is 0.161 e. The molecule has 0 radical (unpaired) electrons. The van der Waals surface area contributed by atoms with Crippen LogP contribution in [0.2, 0.25) is 0 Å². The zero-order valence-corrected chi connectivity index (χ0v) is 10.3. The molecule has 0 aromatic heterocycles. The molecule has 4 heteroatoms. The minimum absolute atomic E-state index is 0.0214. The molecule has 2 atom stereocenters. The Bertz CT molecular complexity index is 431. The normalized spacial score (nSPS) is 27.6. The van der Waals surface area contributed by atoms with Gasteiger partial charge in [-0.1, -0.05) is 12.1 Å². The monoisotopic (exact) mass is 249 g/mol. The molecule has 98 valence electrons. The summed E-state index contributed by atoms with van der Waals surface area (Å²) in [4.78, 5) is 0. The van der Waals surface area contributed by atoms with Gasteiger partial charge in [-0.25, -0.2) is 0 Å². The Hall–Kier alpha value is -1.26. The van der Waals surface area contributed by atoms with E-state index in [1.165, 1.54) is 18.9 Å². The molecule has 1 saturated carbocycles. The minimum Gasteiger partial charge on any atom is -0.504 e. The maximum absolute atomic E-state index is 9.74. The van der Waals surface area contributed by atoms with Crippen molar-refractivity contribution in [1.82, 2.24) is 5.32 Å². The molecule has 1 aromatic carbocycles. The highest BCUT2D eigenvalue weighted by Gasteiger charge is 2.40. The van der Waals surface area contributed by atoms with Gasteiger partial charge in [0.25, 0.3) is 0 Å². The van der Waals surface area contributed by atoms with Gasteiger partial charge in [0.15, 0.2) is 11.5 Å². The van der Waals surface area contributed by atoms with Crippen LogP contribution >= 0.6 is 0 Å². The van der Waals surface area contributed by atoms with Gasteiger partial charge in [0, 0.05) is 24.8 Å². The van der Waals surface area contributed by atoms with E-state index in [1.54, 1.807) is 6.07 Å². The van der Waals surface area contributed by atoms with E-state index in [0.717, 1.165) is 24.5 Å². The molecule has 3 rings (SSSR count). The number of phenols is 2. The average molecular weight is 249 g/mol. The number of hydrogen-bond acceptors (Lipinski definition) is 4. The number of aromatic hydroxyl groups is 2. The predicted octanol–water partition coefficient (Wildman–Crippen LogP) is 1.75. The maximum Gasteiger partial charge on any atom is 0.161 e. The lowest BCUT2D eigenvalue weighted by atomic mass is 10.1. The summed E-state index contributed by atoms with van der Waals surface area (Å²) in [6.07, 6.45) is 3.92. The van der Waals surface area contributed by atoms with Crippen LogP contribution in [0.3, 0.4) is 0 Å². The molecule has 0 spiro atoms. The zero-order chi connectivity index (χ0) is 12.5. The fourth-order valence-corrected chi connectivity index (χ4v) is 2.68. The van der Waals surface area contributed by atoms with Gasteiger partial charge < -0.3 is 20.3 Å². The Morgan fingerprint density at radius 3 is 2.83 bits per heavy atom. The summed E-state index contributed by atoms with van der Waals surface area (Å²) in [5.41, 5.74) is 0.733. The molecule has 2 fully saturated rings. The SMILES string of the molecule is Oc1cccc(CNC2CCOC2C2CC2)c1O. The topological polar surface area (TPSA) is 61.7 Å². The standard InChI is InChI=1S/C14H19NO3/c16-12-3-1-2-10(13(12)17)8-15-11-6-7-18-14(11)9-4-5-9/h1-3,9,11,14-17H,4-8H2. The molecule has 1 saturated heterocycles. The summed E-state index contributed by atoms with van der Waals surface area (Å²) in [6.45, 7) is 1.39. The predicted molar refractivity (Wildman–Crippen MR) is 67.5 cm³/mol. The van der Waals surface area contributed by atoms with Crippen molar-refractivity contribution < 1.29 is 14.9 Å². The molecule has 18 heavy (non-hydrogen) atoms. The molecular formula is C14H19NO3. The Labute approximate surface area is 107 Å². The van der Waals surface area contributed by atoms with Gasteiger partial charge in [-0.05, 0) is 31.2 Å². The van der Waals surface area contributed by atoms with Crippen molar-refractivity contribution in [3.63, 3.8) is 0 Å². The first kappa shape index (κ1) is 11.8. The van der Waals surface area contributed by atoms with Crippen LogP contribution in [0, 0.1) is 5.92 Å². The highest BCUT2D eigenvalue weighted by molar-refractivity contribution is 5.44. The summed E-state index contributed by atoms with van der Waals surface area (Å²) >= 11 is 0. The van der Waals surface area contributed by atoms with Crippen molar-refractivity contribution in [3.05, 3.63) is 23.8 Å². The third kappa shape index (κ3) is 2.31. The highest BCUT2D eigenvalue weighted by Crippen LogP contribution is 2.39. The van der Waals surface area contributed by atoms with E-state index in [0.29, 0.717) is 18.7 Å². The van der Waals surface area contributed by atoms with Crippen LogP contribution < -0.4 is 5.32 Å². The van der Waals surface area contributed by atoms with Crippen LogP contribution in [-0.2, 0) is 11.3 Å². The number of para-hydroxylation sites is 1. The van der Waals surface area contributed by atoms with Crippen LogP contribution in [-0.4, -0.2) is 29.0 Å². The molecule has 0 amide bonds. The van der Waals surface area contributed by atoms with Gasteiger partial charge in [0.1, 0.15) is 0 Å². The molecule has 1 aliphatic heterocycles. The van der Waals surface area contributed by atoms with E-state index >= 15 is 0 Å². The quantitative estimate of drug-likeness (QED) is 0.711. The van der Waals surface area contributed by atoms with E-state index in [4.69, 9.17) is 4.74 Å². The lowest BCUT2D eigenvalue weighted by Crippen LogP contribution is -2.37. The summed E-state index contributed by atoms with van der Waals surface area (Å²) in [6, 6.07) is 5.43. The third-order valence-electron chi connectivity index (χ3n) is 3.88. The molecule has 1 aromatic rings. The van der Waals surface area contributed by atoms with Gasteiger partial charge >= 0.3 is 0 Å². The molecule has 4 nitrogen and oxygen atoms in total. The van der Waals surface area contributed by atoms with Gasteiger partial charge in [-0.15, -0.1) is 0 Å². The van der Waals surface area contributed by atoms with Crippen molar-refractivity contribution in [3.8, 4) is 11.5 Å². The van der Waals surface area contributed by atoms with Crippen molar-refractivity contribution >= 4 is 0 Å². The Kier molecular flexibility index (Phi) is 3.14. The molecule has 1 heterocycles. The molecule has 3 N–H and O–H groups in total. The number of ether oxygens (including phenoxy) is 1. The molecular weight excluding hydrogens is 230 g/mol. The zero-order valence-electron chi connectivity index (χ0n) is 10.3. The van der Waals surface area contributed by atoms with Crippen LogP contribution in [0.1, 0.15) is 24.8 Å². The fraction of sp³-hybridized carbons (Fsp3) is 0.571. The second kappa shape index (κ2) is 4.78. The lowest BCUT2D eigenvalue weighted by molar-refractivity contribution is 0.0808. The van der Waals surface area contributed by atoms with Crippen LogP contribution in [0.25, 0.3) is 0 Å². The lowest BCUT2D eigenvalue weighted by Gasteiger charge is -2.19. The van der Waals surface area contributed by atoms with Crippen molar-refractivity contribution in [2.75, 3.05) is 6.61 Å². The fourth-order valence-electron chi connectivity index (χ4n) is 2.68. The number of hydrogen-bond donors (Lipinski definition) is 3. The molecule has 1 aliphatic carbocycles. The third-order valence-corrected chi connectivity index (χ3v) is 3.88. The molecule has 2 aliphatic rings. The first-order valence-corrected chi connectivity index (χ1v) is 6.60. The number of rotatable bonds is 4.